The number of carboxylic acid groups (broad SMARTS) is 2. The standard InChI is InChI=1S/C34H59N3O3.2C2HF3O2/c1-21(2)8-7-9-22(3)27-12-13-28-26-11-10-24-20-25(14-17-33(24,5)29(26)15-18-34(27,28)6)40-32(39)23(4)37-31(38)30(36)16-19-35;2*3-2(4,5)1(6)7/h10,21-23,25-30H,7-9,11-20,35-36H2,1-6H3,(H,37,38);2*(H,6,7)/t22-,23+,25?,26?,27-,28?,29?,30?,33+,34-;;/m1../s1. The molecule has 3 saturated carbocycles. The number of nitrogens with one attached hydrogen (secondary N) is 1. The number of fused-ring (bicyclic) bond motifs is 5. The Balaban J connectivity index is 0.000000610. The predicted molar refractivity (Wildman–Crippen MR) is 190 cm³/mol. The van der Waals surface area contributed by atoms with Crippen molar-refractivity contribution >= 4 is 23.8 Å². The van der Waals surface area contributed by atoms with E-state index in [0.29, 0.717) is 18.4 Å². The van der Waals surface area contributed by atoms with Crippen molar-refractivity contribution in [2.24, 2.45) is 57.8 Å². The molecule has 0 bridgehead atoms. The Morgan fingerprint density at radius 1 is 0.889 bits per heavy atom. The summed E-state index contributed by atoms with van der Waals surface area (Å²) in [6.45, 7) is 14.4. The summed E-state index contributed by atoms with van der Waals surface area (Å²) in [5, 5.41) is 16.9. The Labute approximate surface area is 314 Å². The van der Waals surface area contributed by atoms with Gasteiger partial charge in [0, 0.05) is 6.42 Å². The van der Waals surface area contributed by atoms with E-state index < -0.39 is 36.4 Å². The summed E-state index contributed by atoms with van der Waals surface area (Å²) >= 11 is 0. The van der Waals surface area contributed by atoms with Crippen molar-refractivity contribution < 1.29 is 60.5 Å². The van der Waals surface area contributed by atoms with Gasteiger partial charge in [0.25, 0.3) is 0 Å². The lowest BCUT2D eigenvalue weighted by molar-refractivity contribution is -0.193. The number of halogens is 6. The minimum atomic E-state index is -5.08. The monoisotopic (exact) mass is 785 g/mol. The highest BCUT2D eigenvalue weighted by Gasteiger charge is 2.59. The number of rotatable bonds is 11. The number of amides is 1. The molecule has 4 aliphatic rings. The molecule has 0 aliphatic heterocycles. The lowest BCUT2D eigenvalue weighted by Gasteiger charge is -2.58. The Kier molecular flexibility index (Phi) is 16.9. The van der Waals surface area contributed by atoms with Crippen molar-refractivity contribution in [3.8, 4) is 0 Å². The van der Waals surface area contributed by atoms with Crippen LogP contribution >= 0.6 is 0 Å². The fourth-order valence-electron chi connectivity index (χ4n) is 9.71. The predicted octanol–water partition coefficient (Wildman–Crippen LogP) is 7.39. The molecule has 10 atom stereocenters. The summed E-state index contributed by atoms with van der Waals surface area (Å²) in [6, 6.07) is -1.41. The molecule has 0 saturated heterocycles. The fourth-order valence-corrected chi connectivity index (χ4v) is 9.71. The van der Waals surface area contributed by atoms with E-state index in [1.165, 1.54) is 56.9 Å². The minimum absolute atomic E-state index is 0.114. The van der Waals surface area contributed by atoms with Gasteiger partial charge in [0.1, 0.15) is 12.1 Å². The largest absolute Gasteiger partial charge is 0.490 e. The van der Waals surface area contributed by atoms with Crippen LogP contribution in [0.3, 0.4) is 0 Å². The van der Waals surface area contributed by atoms with Crippen LogP contribution in [-0.4, -0.2) is 71.1 Å². The molecule has 0 aromatic carbocycles. The number of hydrogen-bond donors (Lipinski definition) is 5. The van der Waals surface area contributed by atoms with Gasteiger partial charge in [-0.05, 0) is 111 Å². The molecule has 0 heterocycles. The number of allylic oxidation sites excluding steroid dienone is 1. The number of ether oxygens (including phenoxy) is 1. The third-order valence-corrected chi connectivity index (χ3v) is 12.6. The maximum Gasteiger partial charge on any atom is 0.490 e. The smallest absolute Gasteiger partial charge is 0.475 e. The van der Waals surface area contributed by atoms with Crippen LogP contribution in [0.15, 0.2) is 11.6 Å². The highest BCUT2D eigenvalue weighted by Crippen LogP contribution is 2.67. The third kappa shape index (κ3) is 12.3. The zero-order chi connectivity index (χ0) is 41.4. The topological polar surface area (TPSA) is 182 Å². The zero-order valence-electron chi connectivity index (χ0n) is 32.3. The van der Waals surface area contributed by atoms with E-state index >= 15 is 0 Å². The molecule has 0 aromatic rings. The summed E-state index contributed by atoms with van der Waals surface area (Å²) in [5.74, 6) is -1.31. The molecule has 312 valence electrons. The molecule has 7 N–H and O–H groups in total. The van der Waals surface area contributed by atoms with E-state index in [1.54, 1.807) is 6.92 Å². The van der Waals surface area contributed by atoms with Gasteiger partial charge in [-0.3, -0.25) is 4.79 Å². The summed E-state index contributed by atoms with van der Waals surface area (Å²) in [5.41, 5.74) is 13.6. The Bertz CT molecular complexity index is 1300. The Morgan fingerprint density at radius 3 is 1.98 bits per heavy atom. The van der Waals surface area contributed by atoms with Gasteiger partial charge in [-0.2, -0.15) is 26.3 Å². The van der Waals surface area contributed by atoms with Crippen molar-refractivity contribution in [3.63, 3.8) is 0 Å². The molecule has 0 aromatic heterocycles. The van der Waals surface area contributed by atoms with Crippen LogP contribution in [0.1, 0.15) is 119 Å². The molecule has 1 amide bonds. The summed E-state index contributed by atoms with van der Waals surface area (Å²) < 4.78 is 69.4. The maximum absolute atomic E-state index is 12.8. The minimum Gasteiger partial charge on any atom is -0.475 e. The first kappa shape index (κ1) is 47.3. The Hall–Kier alpha value is -2.88. The highest BCUT2D eigenvalue weighted by molar-refractivity contribution is 5.87. The SMILES string of the molecule is CC(C)CCC[C@@H](C)[C@H]1CCC2C3CC=C4CC(OC(=O)[C@H](C)NC(=O)C(N)CCN)CC[C@]4(C)C3CC[C@@]21C.O=C(O)C(F)(F)F.O=C(O)C(F)(F)F. The second kappa shape index (κ2) is 19.3. The van der Waals surface area contributed by atoms with Crippen LogP contribution in [0.5, 0.6) is 0 Å². The third-order valence-electron chi connectivity index (χ3n) is 12.6. The van der Waals surface area contributed by atoms with Gasteiger partial charge in [-0.25, -0.2) is 14.4 Å². The van der Waals surface area contributed by atoms with Crippen molar-refractivity contribution in [2.75, 3.05) is 6.54 Å². The molecule has 3 fully saturated rings. The van der Waals surface area contributed by atoms with Gasteiger partial charge in [0.05, 0.1) is 6.04 Å². The second-order valence-electron chi connectivity index (χ2n) is 16.6. The Morgan fingerprint density at radius 2 is 1.46 bits per heavy atom. The van der Waals surface area contributed by atoms with Gasteiger partial charge in [0.15, 0.2) is 0 Å². The molecule has 10 nitrogen and oxygen atoms in total. The molecular formula is C38H61F6N3O7. The van der Waals surface area contributed by atoms with Crippen LogP contribution in [0.25, 0.3) is 0 Å². The molecule has 16 heteroatoms. The van der Waals surface area contributed by atoms with E-state index in [1.807, 2.05) is 0 Å². The van der Waals surface area contributed by atoms with Gasteiger partial charge in [-0.15, -0.1) is 0 Å². The number of aliphatic carboxylic acids is 2. The summed E-state index contributed by atoms with van der Waals surface area (Å²) in [6.07, 6.45) is 6.34. The van der Waals surface area contributed by atoms with Crippen molar-refractivity contribution in [2.45, 2.75) is 149 Å². The first-order valence-electron chi connectivity index (χ1n) is 19.1. The molecule has 54 heavy (non-hydrogen) atoms. The molecular weight excluding hydrogens is 724 g/mol. The van der Waals surface area contributed by atoms with Crippen molar-refractivity contribution in [1.29, 1.82) is 0 Å². The number of alkyl halides is 6. The van der Waals surface area contributed by atoms with Gasteiger partial charge in [-0.1, -0.05) is 65.5 Å². The molecule has 0 radical (unpaired) electrons. The lowest BCUT2D eigenvalue weighted by Crippen LogP contribution is -2.51. The molecule has 4 rings (SSSR count). The fraction of sp³-hybridized carbons (Fsp3) is 0.842. The van der Waals surface area contributed by atoms with E-state index in [0.717, 1.165) is 54.8 Å². The first-order chi connectivity index (χ1) is 24.8. The summed E-state index contributed by atoms with van der Waals surface area (Å²) in [7, 11) is 0. The van der Waals surface area contributed by atoms with Crippen LogP contribution in [-0.2, 0) is 23.9 Å². The van der Waals surface area contributed by atoms with Crippen LogP contribution in [0, 0.1) is 46.3 Å². The number of carboxylic acids is 2. The summed E-state index contributed by atoms with van der Waals surface area (Å²) in [4.78, 5) is 42.8. The average molecular weight is 786 g/mol. The quantitative estimate of drug-likeness (QED) is 0.0811. The maximum atomic E-state index is 12.8. The highest BCUT2D eigenvalue weighted by atomic mass is 19.4. The molecule has 0 spiro atoms. The molecule has 4 aliphatic carbocycles. The van der Waals surface area contributed by atoms with Crippen LogP contribution < -0.4 is 16.8 Å². The average Bonchev–Trinajstić information content (AvgIpc) is 3.41. The van der Waals surface area contributed by atoms with Crippen LogP contribution in [0.2, 0.25) is 0 Å². The van der Waals surface area contributed by atoms with Gasteiger partial charge >= 0.3 is 30.3 Å². The number of esters is 1. The van der Waals surface area contributed by atoms with Crippen LogP contribution in [0.4, 0.5) is 26.3 Å². The number of hydrogen-bond acceptors (Lipinski definition) is 7. The van der Waals surface area contributed by atoms with Gasteiger partial charge < -0.3 is 31.7 Å². The van der Waals surface area contributed by atoms with E-state index in [9.17, 15) is 35.9 Å². The number of carbonyl (C=O) groups is 4. The number of carbonyl (C=O) groups excluding carboxylic acids is 2. The van der Waals surface area contributed by atoms with Crippen molar-refractivity contribution in [1.82, 2.24) is 5.32 Å². The first-order valence-corrected chi connectivity index (χ1v) is 19.1. The number of nitrogens with two attached hydrogens (primary N) is 2. The zero-order valence-corrected chi connectivity index (χ0v) is 32.3. The lowest BCUT2D eigenvalue weighted by atomic mass is 9.47. The second-order valence-corrected chi connectivity index (χ2v) is 16.6. The van der Waals surface area contributed by atoms with Gasteiger partial charge in [0.2, 0.25) is 5.91 Å². The molecule has 5 unspecified atom stereocenters. The van der Waals surface area contributed by atoms with E-state index in [2.05, 4.69) is 46.0 Å². The van der Waals surface area contributed by atoms with Crippen molar-refractivity contribution in [3.05, 3.63) is 11.6 Å². The van der Waals surface area contributed by atoms with E-state index in [-0.39, 0.29) is 23.4 Å². The normalized spacial score (nSPS) is 30.6. The van der Waals surface area contributed by atoms with E-state index in [4.69, 9.17) is 36.0 Å².